The second kappa shape index (κ2) is 5.25. The molecule has 0 rings (SSSR count). The van der Waals surface area contributed by atoms with Gasteiger partial charge in [0.15, 0.2) is 0 Å². The van der Waals surface area contributed by atoms with E-state index < -0.39 is 7.55 Å². The first-order valence-corrected chi connectivity index (χ1v) is 8.48. The van der Waals surface area contributed by atoms with Crippen molar-refractivity contribution < 1.29 is 0 Å². The van der Waals surface area contributed by atoms with E-state index in [0.29, 0.717) is 5.54 Å². The van der Waals surface area contributed by atoms with Gasteiger partial charge in [0.1, 0.15) is 0 Å². The van der Waals surface area contributed by atoms with Crippen molar-refractivity contribution in [1.29, 1.82) is 0 Å². The Balaban J connectivity index is 4.33. The second-order valence-corrected chi connectivity index (χ2v) is 9.47. The first-order chi connectivity index (χ1) is 5.50. The predicted molar refractivity (Wildman–Crippen MR) is 60.1 cm³/mol. The Bertz CT molecular complexity index is 124. The molecule has 3 heteroatoms. The van der Waals surface area contributed by atoms with Gasteiger partial charge in [-0.1, -0.05) is 34.1 Å². The average Bonchev–Trinajstić information content (AvgIpc) is 2.04. The molecule has 0 aromatic carbocycles. The SMILES string of the molecule is CCC(C)[Si](C)(Cl)N(CC)CC. The van der Waals surface area contributed by atoms with Crippen LogP contribution in [0.25, 0.3) is 0 Å². The molecule has 0 radical (unpaired) electrons. The minimum absolute atomic E-state index is 0.680. The lowest BCUT2D eigenvalue weighted by atomic mass is 10.4. The van der Waals surface area contributed by atoms with Crippen LogP contribution in [0.15, 0.2) is 0 Å². The fourth-order valence-electron chi connectivity index (χ4n) is 1.53. The normalized spacial score (nSPS) is 19.2. The summed E-state index contributed by atoms with van der Waals surface area (Å²) in [5.74, 6) is 0. The van der Waals surface area contributed by atoms with Gasteiger partial charge in [0.25, 0.3) is 0 Å². The third-order valence-corrected chi connectivity index (χ3v) is 8.80. The van der Waals surface area contributed by atoms with Crippen molar-refractivity contribution in [2.24, 2.45) is 0 Å². The van der Waals surface area contributed by atoms with Crippen LogP contribution in [-0.2, 0) is 0 Å². The fraction of sp³-hybridized carbons (Fsp3) is 1.00. The summed E-state index contributed by atoms with van der Waals surface area (Å²) in [6, 6.07) is 0. The number of hydrogen-bond donors (Lipinski definition) is 0. The van der Waals surface area contributed by atoms with Crippen molar-refractivity contribution in [1.82, 2.24) is 4.57 Å². The highest BCUT2D eigenvalue weighted by Crippen LogP contribution is 2.31. The van der Waals surface area contributed by atoms with E-state index in [1.807, 2.05) is 0 Å². The molecule has 74 valence electrons. The van der Waals surface area contributed by atoms with Crippen molar-refractivity contribution in [3.05, 3.63) is 0 Å². The summed E-state index contributed by atoms with van der Waals surface area (Å²) in [6.45, 7) is 13.3. The van der Waals surface area contributed by atoms with Crippen LogP contribution >= 0.6 is 11.1 Å². The van der Waals surface area contributed by atoms with E-state index in [0.717, 1.165) is 13.1 Å². The molecule has 2 atom stereocenters. The largest absolute Gasteiger partial charge is 0.312 e. The van der Waals surface area contributed by atoms with Gasteiger partial charge in [0, 0.05) is 0 Å². The molecular weight excluding hydrogens is 186 g/mol. The Hall–Kier alpha value is 0.467. The van der Waals surface area contributed by atoms with Gasteiger partial charge < -0.3 is 4.57 Å². The van der Waals surface area contributed by atoms with Crippen LogP contribution in [0, 0.1) is 0 Å². The molecule has 0 N–H and O–H groups in total. The number of halogens is 1. The molecule has 1 nitrogen and oxygen atoms in total. The minimum atomic E-state index is -1.63. The highest BCUT2D eigenvalue weighted by Gasteiger charge is 2.35. The van der Waals surface area contributed by atoms with Crippen LogP contribution < -0.4 is 0 Å². The third kappa shape index (κ3) is 2.75. The number of hydrogen-bond acceptors (Lipinski definition) is 1. The third-order valence-electron chi connectivity index (χ3n) is 2.89. The maximum Gasteiger partial charge on any atom is 0.228 e. The zero-order valence-electron chi connectivity index (χ0n) is 9.02. The maximum atomic E-state index is 6.62. The summed E-state index contributed by atoms with van der Waals surface area (Å²) >= 11 is 6.62. The zero-order chi connectivity index (χ0) is 9.78. The van der Waals surface area contributed by atoms with Gasteiger partial charge in [-0.3, -0.25) is 0 Å². The Kier molecular flexibility index (Phi) is 5.46. The van der Waals surface area contributed by atoms with Crippen molar-refractivity contribution in [2.45, 2.75) is 46.2 Å². The van der Waals surface area contributed by atoms with Gasteiger partial charge in [0.2, 0.25) is 7.55 Å². The van der Waals surface area contributed by atoms with E-state index >= 15 is 0 Å². The van der Waals surface area contributed by atoms with E-state index in [-0.39, 0.29) is 0 Å². The molecule has 0 spiro atoms. The Morgan fingerprint density at radius 1 is 1.25 bits per heavy atom. The van der Waals surface area contributed by atoms with Gasteiger partial charge in [-0.05, 0) is 25.2 Å². The minimum Gasteiger partial charge on any atom is -0.312 e. The molecule has 0 aliphatic carbocycles. The summed E-state index contributed by atoms with van der Waals surface area (Å²) in [4.78, 5) is 0. The van der Waals surface area contributed by atoms with Crippen molar-refractivity contribution >= 4 is 18.6 Å². The quantitative estimate of drug-likeness (QED) is 0.493. The number of nitrogens with zero attached hydrogens (tertiary/aromatic N) is 1. The van der Waals surface area contributed by atoms with Crippen LogP contribution in [0.1, 0.15) is 34.1 Å². The molecular formula is C9H22ClNSi. The molecule has 0 heterocycles. The van der Waals surface area contributed by atoms with E-state index in [1.165, 1.54) is 6.42 Å². The monoisotopic (exact) mass is 207 g/mol. The van der Waals surface area contributed by atoms with Crippen LogP contribution in [-0.4, -0.2) is 25.2 Å². The topological polar surface area (TPSA) is 3.24 Å². The van der Waals surface area contributed by atoms with Crippen LogP contribution in [0.4, 0.5) is 0 Å². The van der Waals surface area contributed by atoms with Crippen LogP contribution in [0.2, 0.25) is 12.1 Å². The molecule has 0 amide bonds. The van der Waals surface area contributed by atoms with E-state index in [2.05, 4.69) is 38.8 Å². The summed E-state index contributed by atoms with van der Waals surface area (Å²) in [7, 11) is -1.63. The Morgan fingerprint density at radius 3 is 1.92 bits per heavy atom. The molecule has 0 fully saturated rings. The first kappa shape index (κ1) is 12.5. The van der Waals surface area contributed by atoms with E-state index in [9.17, 15) is 0 Å². The van der Waals surface area contributed by atoms with Crippen LogP contribution in [0.3, 0.4) is 0 Å². The highest BCUT2D eigenvalue weighted by molar-refractivity contribution is 7.18. The fourth-order valence-corrected chi connectivity index (χ4v) is 5.31. The van der Waals surface area contributed by atoms with Gasteiger partial charge >= 0.3 is 0 Å². The molecule has 0 aromatic rings. The predicted octanol–water partition coefficient (Wildman–Crippen LogP) is 3.44. The van der Waals surface area contributed by atoms with Gasteiger partial charge in [-0.2, -0.15) is 0 Å². The van der Waals surface area contributed by atoms with Crippen LogP contribution in [0.5, 0.6) is 0 Å². The molecule has 0 saturated carbocycles. The standard InChI is InChI=1S/C9H22ClNSi/c1-6-9(4)12(5,10)11(7-2)8-3/h9H,6-8H2,1-5H3. The summed E-state index contributed by atoms with van der Waals surface area (Å²) < 4.78 is 2.45. The lowest BCUT2D eigenvalue weighted by Crippen LogP contribution is -2.49. The first-order valence-electron chi connectivity index (χ1n) is 4.94. The Morgan fingerprint density at radius 2 is 1.67 bits per heavy atom. The van der Waals surface area contributed by atoms with Crippen molar-refractivity contribution in [2.75, 3.05) is 13.1 Å². The molecule has 2 unspecified atom stereocenters. The molecule has 0 aromatic heterocycles. The van der Waals surface area contributed by atoms with Crippen molar-refractivity contribution in [3.63, 3.8) is 0 Å². The molecule has 0 bridgehead atoms. The van der Waals surface area contributed by atoms with Gasteiger partial charge in [0.05, 0.1) is 0 Å². The molecule has 12 heavy (non-hydrogen) atoms. The van der Waals surface area contributed by atoms with Crippen molar-refractivity contribution in [3.8, 4) is 0 Å². The van der Waals surface area contributed by atoms with Gasteiger partial charge in [-0.25, -0.2) is 0 Å². The summed E-state index contributed by atoms with van der Waals surface area (Å²) in [5, 5.41) is 0. The van der Waals surface area contributed by atoms with E-state index in [4.69, 9.17) is 11.1 Å². The smallest absolute Gasteiger partial charge is 0.228 e. The second-order valence-electron chi connectivity index (χ2n) is 3.51. The highest BCUT2D eigenvalue weighted by atomic mass is 35.6. The zero-order valence-corrected chi connectivity index (χ0v) is 10.8. The van der Waals surface area contributed by atoms with Gasteiger partial charge in [-0.15, -0.1) is 11.1 Å². The van der Waals surface area contributed by atoms with E-state index in [1.54, 1.807) is 0 Å². The average molecular weight is 208 g/mol. The summed E-state index contributed by atoms with van der Waals surface area (Å²) in [5.41, 5.74) is 0.680. The Labute approximate surface area is 82.9 Å². The lowest BCUT2D eigenvalue weighted by molar-refractivity contribution is 0.463. The summed E-state index contributed by atoms with van der Waals surface area (Å²) in [6.07, 6.45) is 1.20. The molecule has 0 saturated heterocycles. The number of rotatable bonds is 5. The molecule has 0 aliphatic rings. The molecule has 0 aliphatic heterocycles. The lowest BCUT2D eigenvalue weighted by Gasteiger charge is -2.36. The maximum absolute atomic E-state index is 6.62.